The maximum Gasteiger partial charge on any atom is 0.0897 e. The van der Waals surface area contributed by atoms with Crippen molar-refractivity contribution in [2.75, 3.05) is 26.3 Å². The van der Waals surface area contributed by atoms with Crippen LogP contribution in [-0.2, 0) is 0 Å². The molecule has 0 aromatic heterocycles. The first-order valence-electron chi connectivity index (χ1n) is 5.50. The Morgan fingerprint density at radius 3 is 2.38 bits per heavy atom. The quantitative estimate of drug-likeness (QED) is 0.654. The Kier molecular flexibility index (Phi) is 4.71. The summed E-state index contributed by atoms with van der Waals surface area (Å²) in [6.45, 7) is 7.96. The summed E-state index contributed by atoms with van der Waals surface area (Å²) in [4.78, 5) is 2.51. The SMILES string of the molecule is CC(C)CN1CCC(CCF)CC1. The highest BCUT2D eigenvalue weighted by atomic mass is 19.1. The fourth-order valence-corrected chi connectivity index (χ4v) is 2.13. The molecule has 0 aliphatic carbocycles. The second kappa shape index (κ2) is 5.58. The monoisotopic (exact) mass is 187 g/mol. The van der Waals surface area contributed by atoms with Crippen molar-refractivity contribution in [2.45, 2.75) is 33.1 Å². The molecular formula is C11H22FN. The van der Waals surface area contributed by atoms with E-state index >= 15 is 0 Å². The number of hydrogen-bond donors (Lipinski definition) is 0. The van der Waals surface area contributed by atoms with Gasteiger partial charge in [-0.05, 0) is 44.2 Å². The van der Waals surface area contributed by atoms with E-state index < -0.39 is 0 Å². The van der Waals surface area contributed by atoms with Gasteiger partial charge in [-0.3, -0.25) is 4.39 Å². The second-order valence-electron chi connectivity index (χ2n) is 4.62. The molecule has 0 amide bonds. The maximum absolute atomic E-state index is 12.1. The molecule has 1 aliphatic heterocycles. The van der Waals surface area contributed by atoms with Crippen LogP contribution in [0.1, 0.15) is 33.1 Å². The van der Waals surface area contributed by atoms with E-state index in [0.717, 1.165) is 12.3 Å². The van der Waals surface area contributed by atoms with Gasteiger partial charge in [0.2, 0.25) is 0 Å². The van der Waals surface area contributed by atoms with Gasteiger partial charge in [0.1, 0.15) is 0 Å². The fraction of sp³-hybridized carbons (Fsp3) is 1.00. The Morgan fingerprint density at radius 1 is 1.31 bits per heavy atom. The summed E-state index contributed by atoms with van der Waals surface area (Å²) in [5, 5.41) is 0. The van der Waals surface area contributed by atoms with E-state index in [-0.39, 0.29) is 6.67 Å². The van der Waals surface area contributed by atoms with Gasteiger partial charge in [-0.1, -0.05) is 13.8 Å². The Hall–Kier alpha value is -0.110. The minimum Gasteiger partial charge on any atom is -0.303 e. The maximum atomic E-state index is 12.1. The Labute approximate surface area is 81.3 Å². The van der Waals surface area contributed by atoms with E-state index in [9.17, 15) is 4.39 Å². The Balaban J connectivity index is 2.15. The lowest BCUT2D eigenvalue weighted by molar-refractivity contribution is 0.158. The van der Waals surface area contributed by atoms with Gasteiger partial charge in [-0.15, -0.1) is 0 Å². The van der Waals surface area contributed by atoms with E-state index in [1.165, 1.54) is 32.5 Å². The Bertz CT molecular complexity index is 128. The normalized spacial score (nSPS) is 21.2. The predicted octanol–water partition coefficient (Wildman–Crippen LogP) is 2.71. The van der Waals surface area contributed by atoms with E-state index in [1.807, 2.05) is 0 Å². The van der Waals surface area contributed by atoms with Crippen molar-refractivity contribution in [3.63, 3.8) is 0 Å². The molecule has 0 unspecified atom stereocenters. The molecule has 78 valence electrons. The number of rotatable bonds is 4. The molecule has 1 aliphatic rings. The van der Waals surface area contributed by atoms with E-state index in [0.29, 0.717) is 5.92 Å². The molecule has 1 rings (SSSR count). The zero-order chi connectivity index (χ0) is 9.68. The molecule has 1 saturated heterocycles. The van der Waals surface area contributed by atoms with Crippen molar-refractivity contribution >= 4 is 0 Å². The van der Waals surface area contributed by atoms with Crippen molar-refractivity contribution in [2.24, 2.45) is 11.8 Å². The molecule has 0 aromatic carbocycles. The summed E-state index contributed by atoms with van der Waals surface area (Å²) in [5.74, 6) is 1.42. The molecule has 0 aromatic rings. The number of halogens is 1. The van der Waals surface area contributed by atoms with E-state index in [1.54, 1.807) is 0 Å². The average molecular weight is 187 g/mol. The molecule has 1 nitrogen and oxygen atoms in total. The van der Waals surface area contributed by atoms with Crippen LogP contribution in [-0.4, -0.2) is 31.2 Å². The zero-order valence-corrected chi connectivity index (χ0v) is 8.93. The van der Waals surface area contributed by atoms with Crippen LogP contribution in [0.4, 0.5) is 4.39 Å². The zero-order valence-electron chi connectivity index (χ0n) is 8.93. The number of piperidine rings is 1. The first kappa shape index (κ1) is 11.0. The van der Waals surface area contributed by atoms with Crippen molar-refractivity contribution in [1.29, 1.82) is 0 Å². The summed E-state index contributed by atoms with van der Waals surface area (Å²) in [6.07, 6.45) is 3.20. The van der Waals surface area contributed by atoms with Crippen LogP contribution in [0.25, 0.3) is 0 Å². The average Bonchev–Trinajstić information content (AvgIpc) is 2.08. The van der Waals surface area contributed by atoms with Gasteiger partial charge in [-0.2, -0.15) is 0 Å². The summed E-state index contributed by atoms with van der Waals surface area (Å²) in [5.41, 5.74) is 0. The molecule has 1 fully saturated rings. The minimum atomic E-state index is -0.130. The third-order valence-corrected chi connectivity index (χ3v) is 2.85. The van der Waals surface area contributed by atoms with E-state index in [2.05, 4.69) is 18.7 Å². The van der Waals surface area contributed by atoms with Gasteiger partial charge in [-0.25, -0.2) is 0 Å². The van der Waals surface area contributed by atoms with Crippen LogP contribution < -0.4 is 0 Å². The van der Waals surface area contributed by atoms with Crippen molar-refractivity contribution in [1.82, 2.24) is 4.90 Å². The van der Waals surface area contributed by atoms with Crippen molar-refractivity contribution < 1.29 is 4.39 Å². The molecule has 13 heavy (non-hydrogen) atoms. The summed E-state index contributed by atoms with van der Waals surface area (Å²) >= 11 is 0. The molecule has 0 saturated carbocycles. The van der Waals surface area contributed by atoms with Gasteiger partial charge in [0.05, 0.1) is 6.67 Å². The fourth-order valence-electron chi connectivity index (χ4n) is 2.13. The molecule has 0 spiro atoms. The highest BCUT2D eigenvalue weighted by Gasteiger charge is 2.18. The van der Waals surface area contributed by atoms with Crippen LogP contribution in [0.3, 0.4) is 0 Å². The lowest BCUT2D eigenvalue weighted by Gasteiger charge is -2.32. The summed E-state index contributed by atoms with van der Waals surface area (Å²) in [6, 6.07) is 0. The Morgan fingerprint density at radius 2 is 1.92 bits per heavy atom. The molecule has 2 heteroatoms. The van der Waals surface area contributed by atoms with Crippen LogP contribution >= 0.6 is 0 Å². The smallest absolute Gasteiger partial charge is 0.0897 e. The van der Waals surface area contributed by atoms with Gasteiger partial charge < -0.3 is 4.90 Å². The number of likely N-dealkylation sites (tertiary alicyclic amines) is 1. The number of nitrogens with zero attached hydrogens (tertiary/aromatic N) is 1. The van der Waals surface area contributed by atoms with Crippen molar-refractivity contribution in [3.05, 3.63) is 0 Å². The third kappa shape index (κ3) is 4.08. The second-order valence-corrected chi connectivity index (χ2v) is 4.62. The largest absolute Gasteiger partial charge is 0.303 e. The van der Waals surface area contributed by atoms with Crippen LogP contribution in [0.15, 0.2) is 0 Å². The molecule has 0 bridgehead atoms. The lowest BCUT2D eigenvalue weighted by atomic mass is 9.94. The molecule has 0 atom stereocenters. The van der Waals surface area contributed by atoms with Gasteiger partial charge in [0.15, 0.2) is 0 Å². The lowest BCUT2D eigenvalue weighted by Crippen LogP contribution is -2.36. The predicted molar refractivity (Wildman–Crippen MR) is 54.6 cm³/mol. The first-order chi connectivity index (χ1) is 6.22. The molecular weight excluding hydrogens is 165 g/mol. The molecule has 1 heterocycles. The summed E-state index contributed by atoms with van der Waals surface area (Å²) in [7, 11) is 0. The molecule has 0 N–H and O–H groups in total. The number of hydrogen-bond acceptors (Lipinski definition) is 1. The minimum absolute atomic E-state index is 0.130. The van der Waals surface area contributed by atoms with Crippen molar-refractivity contribution in [3.8, 4) is 0 Å². The van der Waals surface area contributed by atoms with Gasteiger partial charge in [0.25, 0.3) is 0 Å². The standard InChI is InChI=1S/C11H22FN/c1-10(2)9-13-7-4-11(3-6-12)5-8-13/h10-11H,3-9H2,1-2H3. The highest BCUT2D eigenvalue weighted by Crippen LogP contribution is 2.20. The topological polar surface area (TPSA) is 3.24 Å². The van der Waals surface area contributed by atoms with Gasteiger partial charge in [0, 0.05) is 6.54 Å². The van der Waals surface area contributed by atoms with Crippen LogP contribution in [0.2, 0.25) is 0 Å². The van der Waals surface area contributed by atoms with Gasteiger partial charge >= 0.3 is 0 Å². The highest BCUT2D eigenvalue weighted by molar-refractivity contribution is 4.72. The van der Waals surface area contributed by atoms with E-state index in [4.69, 9.17) is 0 Å². The summed E-state index contributed by atoms with van der Waals surface area (Å²) < 4.78 is 12.1. The van der Waals surface area contributed by atoms with Crippen LogP contribution in [0.5, 0.6) is 0 Å². The number of alkyl halides is 1. The molecule has 0 radical (unpaired) electrons. The first-order valence-corrected chi connectivity index (χ1v) is 5.50. The third-order valence-electron chi connectivity index (χ3n) is 2.85. The van der Waals surface area contributed by atoms with Crippen LogP contribution in [0, 0.1) is 11.8 Å².